The van der Waals surface area contributed by atoms with Crippen molar-refractivity contribution in [2.45, 2.75) is 30.8 Å². The number of methoxy groups -OCH3 is 1. The number of piperidine rings is 1. The molecule has 1 aliphatic rings. The highest BCUT2D eigenvalue weighted by atomic mass is 32.2. The van der Waals surface area contributed by atoms with Gasteiger partial charge in [-0.15, -0.1) is 0 Å². The molecule has 0 unspecified atom stereocenters. The number of benzene rings is 2. The summed E-state index contributed by atoms with van der Waals surface area (Å²) in [5.74, 6) is 0.834. The largest absolute Gasteiger partial charge is 0.495 e. The highest BCUT2D eigenvalue weighted by Crippen LogP contribution is 2.34. The second-order valence-electron chi connectivity index (χ2n) is 7.14. The van der Waals surface area contributed by atoms with E-state index in [-0.39, 0.29) is 11.0 Å². The number of anilines is 1. The Hall–Kier alpha value is -2.71. The van der Waals surface area contributed by atoms with Crippen LogP contribution in [0.5, 0.6) is 11.5 Å². The Bertz CT molecular complexity index is 1120. The minimum absolute atomic E-state index is 0.0635. The third kappa shape index (κ3) is 4.18. The zero-order chi connectivity index (χ0) is 20.4. The standard InChI is InChI=1S/C21H24N2O5S/c1-14-3-4-20(18(11-14)26-2)29(24,25)23-16-12-15-7-10-27-21(15)19(13-16)28-17-5-8-22-9-6-17/h3-4,7,10-13,17,22-23H,5-6,8-9H2,1-2H3. The van der Waals surface area contributed by atoms with Crippen LogP contribution in [0.4, 0.5) is 5.69 Å². The van der Waals surface area contributed by atoms with Gasteiger partial charge in [-0.2, -0.15) is 0 Å². The van der Waals surface area contributed by atoms with Crippen LogP contribution in [-0.2, 0) is 10.0 Å². The van der Waals surface area contributed by atoms with Crippen LogP contribution in [0, 0.1) is 6.92 Å². The van der Waals surface area contributed by atoms with Gasteiger partial charge in [0.2, 0.25) is 0 Å². The minimum atomic E-state index is -3.85. The second kappa shape index (κ2) is 7.96. The summed E-state index contributed by atoms with van der Waals surface area (Å²) in [7, 11) is -2.39. The lowest BCUT2D eigenvalue weighted by Gasteiger charge is -2.24. The van der Waals surface area contributed by atoms with E-state index < -0.39 is 10.0 Å². The molecule has 2 heterocycles. The molecule has 2 N–H and O–H groups in total. The lowest BCUT2D eigenvalue weighted by atomic mass is 10.1. The molecule has 0 radical (unpaired) electrons. The molecule has 0 spiro atoms. The van der Waals surface area contributed by atoms with Gasteiger partial charge in [-0.3, -0.25) is 4.72 Å². The molecular formula is C21H24N2O5S. The molecule has 1 saturated heterocycles. The van der Waals surface area contributed by atoms with Crippen LogP contribution < -0.4 is 19.5 Å². The van der Waals surface area contributed by atoms with Gasteiger partial charge in [0.05, 0.1) is 19.1 Å². The molecule has 0 saturated carbocycles. The lowest BCUT2D eigenvalue weighted by molar-refractivity contribution is 0.163. The van der Waals surface area contributed by atoms with Crippen molar-refractivity contribution in [1.82, 2.24) is 5.32 Å². The number of sulfonamides is 1. The molecule has 0 amide bonds. The Balaban J connectivity index is 1.67. The molecule has 0 bridgehead atoms. The maximum Gasteiger partial charge on any atom is 0.265 e. The summed E-state index contributed by atoms with van der Waals surface area (Å²) in [6.45, 7) is 3.67. The van der Waals surface area contributed by atoms with Gasteiger partial charge < -0.3 is 19.2 Å². The summed E-state index contributed by atoms with van der Waals surface area (Å²) in [5, 5.41) is 4.07. The molecule has 1 fully saturated rings. The van der Waals surface area contributed by atoms with E-state index in [1.54, 1.807) is 42.7 Å². The fourth-order valence-electron chi connectivity index (χ4n) is 3.50. The summed E-state index contributed by atoms with van der Waals surface area (Å²) >= 11 is 0. The van der Waals surface area contributed by atoms with Gasteiger partial charge in [-0.05, 0) is 62.7 Å². The first-order chi connectivity index (χ1) is 14.0. The van der Waals surface area contributed by atoms with Crippen molar-refractivity contribution in [3.05, 3.63) is 48.2 Å². The molecule has 1 aliphatic heterocycles. The zero-order valence-electron chi connectivity index (χ0n) is 16.4. The molecule has 4 rings (SSSR count). The monoisotopic (exact) mass is 416 g/mol. The van der Waals surface area contributed by atoms with Crippen LogP contribution in [0.25, 0.3) is 11.0 Å². The summed E-state index contributed by atoms with van der Waals surface area (Å²) < 4.78 is 45.7. The number of rotatable bonds is 6. The predicted octanol–water partition coefficient (Wildman–Crippen LogP) is 3.68. The van der Waals surface area contributed by atoms with E-state index in [2.05, 4.69) is 10.0 Å². The van der Waals surface area contributed by atoms with E-state index in [4.69, 9.17) is 13.9 Å². The van der Waals surface area contributed by atoms with E-state index in [0.29, 0.717) is 22.8 Å². The van der Waals surface area contributed by atoms with Crippen molar-refractivity contribution in [3.8, 4) is 11.5 Å². The van der Waals surface area contributed by atoms with Gasteiger partial charge in [-0.25, -0.2) is 8.42 Å². The Morgan fingerprint density at radius 2 is 1.90 bits per heavy atom. The average Bonchev–Trinajstić information content (AvgIpc) is 3.17. The quantitative estimate of drug-likeness (QED) is 0.637. The Kier molecular flexibility index (Phi) is 5.38. The SMILES string of the molecule is COc1cc(C)ccc1S(=O)(=O)Nc1cc(OC2CCNCC2)c2occc2c1. The summed E-state index contributed by atoms with van der Waals surface area (Å²) in [4.78, 5) is 0.0821. The van der Waals surface area contributed by atoms with Gasteiger partial charge in [0.25, 0.3) is 10.0 Å². The van der Waals surface area contributed by atoms with Crippen LogP contribution >= 0.6 is 0 Å². The van der Waals surface area contributed by atoms with Crippen molar-refractivity contribution < 1.29 is 22.3 Å². The van der Waals surface area contributed by atoms with E-state index in [1.807, 2.05) is 6.92 Å². The second-order valence-corrected chi connectivity index (χ2v) is 8.79. The first kappa shape index (κ1) is 19.6. The van der Waals surface area contributed by atoms with Gasteiger partial charge in [-0.1, -0.05) is 6.07 Å². The molecule has 2 aromatic carbocycles. The van der Waals surface area contributed by atoms with Gasteiger partial charge >= 0.3 is 0 Å². The fourth-order valence-corrected chi connectivity index (χ4v) is 4.69. The number of ether oxygens (including phenoxy) is 2. The fraction of sp³-hybridized carbons (Fsp3) is 0.333. The maximum atomic E-state index is 13.0. The molecule has 0 aliphatic carbocycles. The smallest absolute Gasteiger partial charge is 0.265 e. The van der Waals surface area contributed by atoms with Gasteiger partial charge in [0.15, 0.2) is 11.3 Å². The highest BCUT2D eigenvalue weighted by Gasteiger charge is 2.22. The Morgan fingerprint density at radius 3 is 2.66 bits per heavy atom. The summed E-state index contributed by atoms with van der Waals surface area (Å²) in [6, 6.07) is 10.2. The normalized spacial score (nSPS) is 15.4. The van der Waals surface area contributed by atoms with Crippen molar-refractivity contribution in [2.75, 3.05) is 24.9 Å². The molecule has 29 heavy (non-hydrogen) atoms. The van der Waals surface area contributed by atoms with Crippen LogP contribution in [0.1, 0.15) is 18.4 Å². The molecule has 8 heteroatoms. The summed E-state index contributed by atoms with van der Waals surface area (Å²) in [6.07, 6.45) is 3.41. The predicted molar refractivity (Wildman–Crippen MR) is 111 cm³/mol. The Morgan fingerprint density at radius 1 is 1.10 bits per heavy atom. The number of hydrogen-bond acceptors (Lipinski definition) is 6. The third-order valence-corrected chi connectivity index (χ3v) is 6.38. The average molecular weight is 416 g/mol. The van der Waals surface area contributed by atoms with Crippen LogP contribution in [0.3, 0.4) is 0 Å². The van der Waals surface area contributed by atoms with Crippen molar-refractivity contribution in [3.63, 3.8) is 0 Å². The third-order valence-electron chi connectivity index (χ3n) is 4.96. The van der Waals surface area contributed by atoms with Gasteiger partial charge in [0.1, 0.15) is 16.7 Å². The van der Waals surface area contributed by atoms with Crippen molar-refractivity contribution >= 4 is 26.7 Å². The van der Waals surface area contributed by atoms with Crippen LogP contribution in [0.2, 0.25) is 0 Å². The maximum absolute atomic E-state index is 13.0. The Labute approximate surface area is 170 Å². The minimum Gasteiger partial charge on any atom is -0.495 e. The van der Waals surface area contributed by atoms with E-state index in [1.165, 1.54) is 7.11 Å². The number of hydrogen-bond donors (Lipinski definition) is 2. The molecular weight excluding hydrogens is 392 g/mol. The van der Waals surface area contributed by atoms with Crippen LogP contribution in [-0.4, -0.2) is 34.7 Å². The summed E-state index contributed by atoms with van der Waals surface area (Å²) in [5.41, 5.74) is 1.93. The molecule has 0 atom stereocenters. The van der Waals surface area contributed by atoms with Crippen molar-refractivity contribution in [2.24, 2.45) is 0 Å². The van der Waals surface area contributed by atoms with E-state index in [0.717, 1.165) is 36.9 Å². The number of furan rings is 1. The molecule has 3 aromatic rings. The first-order valence-corrected chi connectivity index (χ1v) is 11.0. The van der Waals surface area contributed by atoms with E-state index in [9.17, 15) is 8.42 Å². The molecule has 154 valence electrons. The topological polar surface area (TPSA) is 89.8 Å². The molecule has 1 aromatic heterocycles. The molecule has 7 nitrogen and oxygen atoms in total. The van der Waals surface area contributed by atoms with Crippen LogP contribution in [0.15, 0.2) is 52.0 Å². The van der Waals surface area contributed by atoms with E-state index >= 15 is 0 Å². The number of aryl methyl sites for hydroxylation is 1. The van der Waals surface area contributed by atoms with Crippen molar-refractivity contribution in [1.29, 1.82) is 0 Å². The lowest BCUT2D eigenvalue weighted by Crippen LogP contribution is -2.34. The first-order valence-electron chi connectivity index (χ1n) is 9.52. The highest BCUT2D eigenvalue weighted by molar-refractivity contribution is 7.92. The van der Waals surface area contributed by atoms with Gasteiger partial charge in [0, 0.05) is 11.5 Å². The number of nitrogens with one attached hydrogen (secondary N) is 2. The zero-order valence-corrected chi connectivity index (χ0v) is 17.2. The number of fused-ring (bicyclic) bond motifs is 1.